The largest absolute Gasteiger partial charge is 0.394 e. The van der Waals surface area contributed by atoms with E-state index in [9.17, 15) is 10.2 Å². The van der Waals surface area contributed by atoms with Gasteiger partial charge in [-0.3, -0.25) is 4.57 Å². The first kappa shape index (κ1) is 12.8. The molecule has 104 valence electrons. The van der Waals surface area contributed by atoms with Crippen LogP contribution in [-0.4, -0.2) is 48.0 Å². The van der Waals surface area contributed by atoms with Crippen molar-refractivity contribution in [1.29, 1.82) is 0 Å². The highest BCUT2D eigenvalue weighted by Gasteiger charge is 2.47. The Morgan fingerprint density at radius 1 is 1.55 bits per heavy atom. The fraction of sp³-hybridized carbons (Fsp3) is 0.417. The lowest BCUT2D eigenvalue weighted by Gasteiger charge is -2.19. The molecule has 3 rings (SSSR count). The van der Waals surface area contributed by atoms with E-state index in [-0.39, 0.29) is 18.8 Å². The van der Waals surface area contributed by atoms with Gasteiger partial charge < -0.3 is 20.7 Å². The molecule has 0 unspecified atom stereocenters. The number of hydrogen-bond acceptors (Lipinski definition) is 7. The van der Waals surface area contributed by atoms with Gasteiger partial charge in [0, 0.05) is 6.42 Å². The minimum atomic E-state index is -1.52. The molecule has 0 saturated carbocycles. The number of aliphatic hydroxyl groups is 2. The van der Waals surface area contributed by atoms with Crippen molar-refractivity contribution < 1.29 is 14.9 Å². The van der Waals surface area contributed by atoms with Crippen LogP contribution in [0.1, 0.15) is 12.6 Å². The molecular weight excluding hydrogens is 262 g/mol. The van der Waals surface area contributed by atoms with Crippen LogP contribution in [0.2, 0.25) is 0 Å². The molecule has 3 heterocycles. The molecule has 1 aliphatic heterocycles. The fourth-order valence-electron chi connectivity index (χ4n) is 2.34. The smallest absolute Gasteiger partial charge is 0.167 e. The predicted octanol–water partition coefficient (Wildman–Crippen LogP) is -0.947. The SMILES string of the molecule is C#C[C@]1(O)C[C@H](n2cnc3c(N)ncnc32)O[C@@H]1CO. The Morgan fingerprint density at radius 3 is 3.00 bits per heavy atom. The topological polar surface area (TPSA) is 119 Å². The maximum Gasteiger partial charge on any atom is 0.167 e. The number of hydrogen-bond donors (Lipinski definition) is 3. The van der Waals surface area contributed by atoms with Gasteiger partial charge in [-0.15, -0.1) is 6.42 Å². The van der Waals surface area contributed by atoms with E-state index < -0.39 is 17.9 Å². The summed E-state index contributed by atoms with van der Waals surface area (Å²) in [6.07, 6.45) is 6.84. The average Bonchev–Trinajstić information content (AvgIpc) is 3.01. The highest BCUT2D eigenvalue weighted by atomic mass is 16.5. The lowest BCUT2D eigenvalue weighted by molar-refractivity contribution is -0.0605. The number of aliphatic hydroxyl groups excluding tert-OH is 1. The summed E-state index contributed by atoms with van der Waals surface area (Å²) in [5.41, 5.74) is 5.13. The zero-order valence-corrected chi connectivity index (χ0v) is 10.5. The number of nitrogens with two attached hydrogens (primary N) is 1. The van der Waals surface area contributed by atoms with Gasteiger partial charge in [-0.05, 0) is 0 Å². The van der Waals surface area contributed by atoms with E-state index in [2.05, 4.69) is 20.9 Å². The van der Waals surface area contributed by atoms with Gasteiger partial charge in [-0.2, -0.15) is 0 Å². The van der Waals surface area contributed by atoms with Crippen LogP contribution in [0.15, 0.2) is 12.7 Å². The van der Waals surface area contributed by atoms with Crippen LogP contribution < -0.4 is 5.73 Å². The van der Waals surface area contributed by atoms with Crippen LogP contribution in [-0.2, 0) is 4.74 Å². The second-order valence-corrected chi connectivity index (χ2v) is 4.62. The minimum Gasteiger partial charge on any atom is -0.394 e. The predicted molar refractivity (Wildman–Crippen MR) is 69.1 cm³/mol. The first-order valence-corrected chi connectivity index (χ1v) is 5.98. The standard InChI is InChI=1S/C12H13N5O3/c1-2-12(19)3-8(20-7(12)4-18)17-6-16-9-10(13)14-5-15-11(9)17/h1,5-8,18-19H,3-4H2,(H2,13,14,15)/t7-,8-,12+/m1/s1. The zero-order chi connectivity index (χ0) is 14.3. The molecule has 0 aliphatic carbocycles. The number of rotatable bonds is 2. The van der Waals surface area contributed by atoms with Crippen molar-refractivity contribution >= 4 is 17.0 Å². The van der Waals surface area contributed by atoms with Gasteiger partial charge in [-0.1, -0.05) is 5.92 Å². The van der Waals surface area contributed by atoms with Crippen molar-refractivity contribution in [1.82, 2.24) is 19.5 Å². The van der Waals surface area contributed by atoms with Crippen LogP contribution in [0.3, 0.4) is 0 Å². The van der Waals surface area contributed by atoms with Crippen molar-refractivity contribution in [3.8, 4) is 12.3 Å². The van der Waals surface area contributed by atoms with Crippen molar-refractivity contribution in [2.24, 2.45) is 0 Å². The molecule has 4 N–H and O–H groups in total. The molecule has 2 aromatic rings. The maximum absolute atomic E-state index is 10.2. The number of imidazole rings is 1. The lowest BCUT2D eigenvalue weighted by Crippen LogP contribution is -2.38. The number of ether oxygens (including phenoxy) is 1. The molecule has 1 saturated heterocycles. The number of aromatic nitrogens is 4. The number of terminal acetylenes is 1. The molecule has 0 bridgehead atoms. The number of anilines is 1. The maximum atomic E-state index is 10.2. The number of nitrogen functional groups attached to an aromatic ring is 1. The molecule has 1 fully saturated rings. The molecule has 8 nitrogen and oxygen atoms in total. The summed E-state index contributed by atoms with van der Waals surface area (Å²) in [5.74, 6) is 2.53. The third kappa shape index (κ3) is 1.72. The van der Waals surface area contributed by atoms with Crippen LogP contribution in [0.5, 0.6) is 0 Å². The highest BCUT2D eigenvalue weighted by molar-refractivity contribution is 5.81. The quantitative estimate of drug-likeness (QED) is 0.604. The highest BCUT2D eigenvalue weighted by Crippen LogP contribution is 2.37. The third-order valence-corrected chi connectivity index (χ3v) is 3.45. The minimum absolute atomic E-state index is 0.129. The van der Waals surface area contributed by atoms with Crippen molar-refractivity contribution in [3.05, 3.63) is 12.7 Å². The van der Waals surface area contributed by atoms with Crippen LogP contribution in [0.25, 0.3) is 11.2 Å². The molecule has 0 spiro atoms. The zero-order valence-electron chi connectivity index (χ0n) is 10.5. The van der Waals surface area contributed by atoms with E-state index in [1.807, 2.05) is 0 Å². The second kappa shape index (κ2) is 4.42. The molecule has 3 atom stereocenters. The van der Waals surface area contributed by atoms with E-state index in [0.29, 0.717) is 11.2 Å². The van der Waals surface area contributed by atoms with Crippen LogP contribution in [0.4, 0.5) is 5.82 Å². The van der Waals surface area contributed by atoms with Gasteiger partial charge in [0.15, 0.2) is 17.1 Å². The number of nitrogens with zero attached hydrogens (tertiary/aromatic N) is 4. The van der Waals surface area contributed by atoms with Gasteiger partial charge >= 0.3 is 0 Å². The number of fused-ring (bicyclic) bond motifs is 1. The Labute approximate surface area is 114 Å². The van der Waals surface area contributed by atoms with Gasteiger partial charge in [0.2, 0.25) is 0 Å². The summed E-state index contributed by atoms with van der Waals surface area (Å²) in [7, 11) is 0. The van der Waals surface area contributed by atoms with Crippen molar-refractivity contribution in [2.75, 3.05) is 12.3 Å². The van der Waals surface area contributed by atoms with Crippen molar-refractivity contribution in [3.63, 3.8) is 0 Å². The first-order valence-electron chi connectivity index (χ1n) is 5.98. The summed E-state index contributed by atoms with van der Waals surface area (Å²) >= 11 is 0. The summed E-state index contributed by atoms with van der Waals surface area (Å²) in [4.78, 5) is 12.1. The molecule has 2 aromatic heterocycles. The van der Waals surface area contributed by atoms with Gasteiger partial charge in [0.1, 0.15) is 24.2 Å². The molecule has 20 heavy (non-hydrogen) atoms. The van der Waals surface area contributed by atoms with Crippen LogP contribution >= 0.6 is 0 Å². The summed E-state index contributed by atoms with van der Waals surface area (Å²) in [6, 6.07) is 0. The summed E-state index contributed by atoms with van der Waals surface area (Å²) in [5, 5.41) is 19.5. The van der Waals surface area contributed by atoms with E-state index >= 15 is 0 Å². The molecular formula is C12H13N5O3. The fourth-order valence-corrected chi connectivity index (χ4v) is 2.34. The molecule has 8 heteroatoms. The average molecular weight is 275 g/mol. The lowest BCUT2D eigenvalue weighted by atomic mass is 9.96. The molecule has 0 aromatic carbocycles. The first-order chi connectivity index (χ1) is 9.59. The van der Waals surface area contributed by atoms with Gasteiger partial charge in [0.25, 0.3) is 0 Å². The van der Waals surface area contributed by atoms with Crippen molar-refractivity contribution in [2.45, 2.75) is 24.4 Å². The summed E-state index contributed by atoms with van der Waals surface area (Å²) < 4.78 is 7.21. The van der Waals surface area contributed by atoms with Crippen LogP contribution in [0, 0.1) is 12.3 Å². The summed E-state index contributed by atoms with van der Waals surface area (Å²) in [6.45, 7) is -0.374. The normalized spacial score (nSPS) is 29.6. The van der Waals surface area contributed by atoms with Gasteiger partial charge in [-0.25, -0.2) is 15.0 Å². The Morgan fingerprint density at radius 2 is 2.35 bits per heavy atom. The van der Waals surface area contributed by atoms with E-state index in [1.165, 1.54) is 12.7 Å². The molecule has 0 radical (unpaired) electrons. The van der Waals surface area contributed by atoms with E-state index in [1.54, 1.807) is 4.57 Å². The third-order valence-electron chi connectivity index (χ3n) is 3.45. The molecule has 1 aliphatic rings. The Balaban J connectivity index is 2.02. The monoisotopic (exact) mass is 275 g/mol. The van der Waals surface area contributed by atoms with E-state index in [0.717, 1.165) is 0 Å². The Bertz CT molecular complexity index is 694. The molecule has 0 amide bonds. The Kier molecular flexibility index (Phi) is 2.83. The van der Waals surface area contributed by atoms with Gasteiger partial charge in [0.05, 0.1) is 12.9 Å². The van der Waals surface area contributed by atoms with E-state index in [4.69, 9.17) is 16.9 Å². The Hall–Kier alpha value is -2.21. The second-order valence-electron chi connectivity index (χ2n) is 4.62.